The summed E-state index contributed by atoms with van der Waals surface area (Å²) in [6.07, 6.45) is 5.49. The van der Waals surface area contributed by atoms with Crippen LogP contribution in [-0.2, 0) is 16.0 Å². The van der Waals surface area contributed by atoms with E-state index in [1.807, 2.05) is 4.90 Å². The van der Waals surface area contributed by atoms with Crippen molar-refractivity contribution in [3.63, 3.8) is 0 Å². The molecule has 2 atom stereocenters. The van der Waals surface area contributed by atoms with Gasteiger partial charge in [-0.3, -0.25) is 19.7 Å². The second-order valence-electron chi connectivity index (χ2n) is 6.72. The van der Waals surface area contributed by atoms with Crippen LogP contribution < -0.4 is 0 Å². The Bertz CT molecular complexity index is 658. The fourth-order valence-corrected chi connectivity index (χ4v) is 3.99. The van der Waals surface area contributed by atoms with Gasteiger partial charge in [-0.1, -0.05) is 18.6 Å². The number of nitro groups is 1. The molecule has 6 heteroatoms. The van der Waals surface area contributed by atoms with Gasteiger partial charge in [-0.05, 0) is 31.2 Å². The van der Waals surface area contributed by atoms with Crippen LogP contribution in [0, 0.1) is 16.0 Å². The van der Waals surface area contributed by atoms with E-state index in [1.54, 1.807) is 12.1 Å². The summed E-state index contributed by atoms with van der Waals surface area (Å²) >= 11 is 0. The van der Waals surface area contributed by atoms with E-state index in [9.17, 15) is 19.7 Å². The summed E-state index contributed by atoms with van der Waals surface area (Å²) in [5.41, 5.74) is 0.649. The second kappa shape index (κ2) is 7.11. The number of hydrogen-bond acceptors (Lipinski definition) is 4. The molecule has 0 unspecified atom stereocenters. The van der Waals surface area contributed by atoms with Crippen molar-refractivity contribution in [2.45, 2.75) is 51.0 Å². The molecular weight excluding hydrogens is 308 g/mol. The van der Waals surface area contributed by atoms with E-state index in [0.717, 1.165) is 32.1 Å². The van der Waals surface area contributed by atoms with Crippen LogP contribution in [-0.4, -0.2) is 34.1 Å². The molecule has 3 rings (SSSR count). The molecule has 2 fully saturated rings. The fourth-order valence-electron chi connectivity index (χ4n) is 3.99. The lowest BCUT2D eigenvalue weighted by atomic mass is 9.81. The maximum Gasteiger partial charge on any atom is 0.269 e. The van der Waals surface area contributed by atoms with Crippen LogP contribution in [0.4, 0.5) is 5.69 Å². The minimum atomic E-state index is -0.451. The van der Waals surface area contributed by atoms with Crippen molar-refractivity contribution < 1.29 is 14.5 Å². The van der Waals surface area contributed by atoms with Crippen LogP contribution in [0.15, 0.2) is 24.3 Å². The molecule has 1 aromatic carbocycles. The van der Waals surface area contributed by atoms with E-state index >= 15 is 0 Å². The average Bonchev–Trinajstić information content (AvgIpc) is 3.05. The number of carbonyl (C=O) groups is 2. The summed E-state index contributed by atoms with van der Waals surface area (Å²) < 4.78 is 0. The Hall–Kier alpha value is -2.24. The quantitative estimate of drug-likeness (QED) is 0.628. The molecule has 24 heavy (non-hydrogen) atoms. The van der Waals surface area contributed by atoms with Gasteiger partial charge in [0, 0.05) is 37.1 Å². The fraction of sp³-hybridized carbons (Fsp3) is 0.556. The van der Waals surface area contributed by atoms with Gasteiger partial charge in [0.15, 0.2) is 0 Å². The first kappa shape index (κ1) is 16.6. The lowest BCUT2D eigenvalue weighted by molar-refractivity contribution is -0.384. The third-order valence-corrected chi connectivity index (χ3v) is 5.16. The molecule has 1 aromatic rings. The number of ketones is 1. The predicted molar refractivity (Wildman–Crippen MR) is 88.5 cm³/mol. The predicted octanol–water partition coefficient (Wildman–Crippen LogP) is 2.89. The molecule has 128 valence electrons. The van der Waals surface area contributed by atoms with Gasteiger partial charge in [-0.2, -0.15) is 0 Å². The van der Waals surface area contributed by atoms with Gasteiger partial charge in [-0.15, -0.1) is 0 Å². The number of nitro benzene ring substituents is 1. The molecule has 2 aliphatic rings. The van der Waals surface area contributed by atoms with E-state index in [0.29, 0.717) is 24.3 Å². The molecule has 0 N–H and O–H groups in total. The van der Waals surface area contributed by atoms with Gasteiger partial charge < -0.3 is 4.90 Å². The van der Waals surface area contributed by atoms with Gasteiger partial charge in [0.25, 0.3) is 5.69 Å². The smallest absolute Gasteiger partial charge is 0.269 e. The van der Waals surface area contributed by atoms with Gasteiger partial charge in [-0.25, -0.2) is 0 Å². The highest BCUT2D eigenvalue weighted by atomic mass is 16.6. The zero-order chi connectivity index (χ0) is 17.1. The number of benzene rings is 1. The molecule has 1 heterocycles. The lowest BCUT2D eigenvalue weighted by Crippen LogP contribution is -2.44. The summed E-state index contributed by atoms with van der Waals surface area (Å²) in [4.78, 5) is 37.2. The van der Waals surface area contributed by atoms with Crippen molar-refractivity contribution in [2.24, 2.45) is 5.92 Å². The van der Waals surface area contributed by atoms with Crippen molar-refractivity contribution in [3.8, 4) is 0 Å². The number of carbonyl (C=O) groups excluding carboxylic acids is 2. The number of amides is 1. The van der Waals surface area contributed by atoms with Gasteiger partial charge >= 0.3 is 0 Å². The summed E-state index contributed by atoms with van der Waals surface area (Å²) in [5.74, 6) is 0.243. The first-order valence-corrected chi connectivity index (χ1v) is 8.62. The van der Waals surface area contributed by atoms with Gasteiger partial charge in [0.2, 0.25) is 5.91 Å². The number of likely N-dealkylation sites (tertiary alicyclic amines) is 1. The van der Waals surface area contributed by atoms with E-state index < -0.39 is 4.92 Å². The maximum absolute atomic E-state index is 12.7. The number of non-ortho nitro benzene ring substituents is 1. The van der Waals surface area contributed by atoms with Crippen molar-refractivity contribution >= 4 is 17.4 Å². The normalized spacial score (nSPS) is 24.2. The molecule has 1 aliphatic carbocycles. The molecule has 0 aromatic heterocycles. The zero-order valence-corrected chi connectivity index (χ0v) is 13.6. The Labute approximate surface area is 141 Å². The molecule has 0 bridgehead atoms. The first-order chi connectivity index (χ1) is 11.6. The Kier molecular flexibility index (Phi) is 4.92. The minimum absolute atomic E-state index is 0.000676. The Morgan fingerprint density at radius 2 is 2.08 bits per heavy atom. The number of hydrogen-bond donors (Lipinski definition) is 0. The Morgan fingerprint density at radius 3 is 2.83 bits per heavy atom. The van der Waals surface area contributed by atoms with Crippen LogP contribution in [0.2, 0.25) is 0 Å². The van der Waals surface area contributed by atoms with E-state index in [4.69, 9.17) is 0 Å². The summed E-state index contributed by atoms with van der Waals surface area (Å²) in [5, 5.41) is 10.9. The van der Waals surface area contributed by atoms with Gasteiger partial charge in [0.1, 0.15) is 5.78 Å². The van der Waals surface area contributed by atoms with Crippen molar-refractivity contribution in [1.29, 1.82) is 0 Å². The molecule has 1 saturated heterocycles. The highest BCUT2D eigenvalue weighted by Crippen LogP contribution is 2.32. The average molecular weight is 330 g/mol. The number of rotatable bonds is 4. The third-order valence-electron chi connectivity index (χ3n) is 5.16. The summed E-state index contributed by atoms with van der Waals surface area (Å²) in [6.45, 7) is 0.683. The van der Waals surface area contributed by atoms with E-state index in [2.05, 4.69) is 0 Å². The number of Topliss-reactive ketones (excluding diaryl/α,β-unsaturated/α-hetero) is 1. The molecule has 6 nitrogen and oxygen atoms in total. The first-order valence-electron chi connectivity index (χ1n) is 8.62. The van der Waals surface area contributed by atoms with Crippen LogP contribution in [0.5, 0.6) is 0 Å². The molecule has 0 spiro atoms. The molecule has 0 radical (unpaired) electrons. The number of nitrogens with zero attached hydrogens (tertiary/aromatic N) is 2. The van der Waals surface area contributed by atoms with Crippen LogP contribution >= 0.6 is 0 Å². The second-order valence-corrected chi connectivity index (χ2v) is 6.72. The Morgan fingerprint density at radius 1 is 1.25 bits per heavy atom. The van der Waals surface area contributed by atoms with Crippen molar-refractivity contribution in [2.75, 3.05) is 6.54 Å². The van der Waals surface area contributed by atoms with E-state index in [1.165, 1.54) is 12.1 Å². The lowest BCUT2D eigenvalue weighted by Gasteiger charge is -2.33. The van der Waals surface area contributed by atoms with Crippen molar-refractivity contribution in [1.82, 2.24) is 4.90 Å². The maximum atomic E-state index is 12.7. The van der Waals surface area contributed by atoms with Crippen LogP contribution in [0.1, 0.15) is 44.1 Å². The highest BCUT2D eigenvalue weighted by Gasteiger charge is 2.38. The van der Waals surface area contributed by atoms with E-state index in [-0.39, 0.29) is 30.0 Å². The minimum Gasteiger partial charge on any atom is -0.339 e. The molecule has 1 saturated carbocycles. The SMILES string of the molecule is O=C1CCCC[C@@H]1[C@@H]1CCCN1C(=O)Cc1cccc([N+](=O)[O-])c1. The monoisotopic (exact) mass is 330 g/mol. The van der Waals surface area contributed by atoms with Crippen LogP contribution in [0.25, 0.3) is 0 Å². The largest absolute Gasteiger partial charge is 0.339 e. The van der Waals surface area contributed by atoms with Crippen LogP contribution in [0.3, 0.4) is 0 Å². The summed E-state index contributed by atoms with van der Waals surface area (Å²) in [6, 6.07) is 6.24. The topological polar surface area (TPSA) is 80.5 Å². The molecule has 1 aliphatic heterocycles. The van der Waals surface area contributed by atoms with Gasteiger partial charge in [0.05, 0.1) is 11.3 Å². The Balaban J connectivity index is 1.70. The summed E-state index contributed by atoms with van der Waals surface area (Å²) in [7, 11) is 0. The standard InChI is InChI=1S/C18H22N2O4/c21-17-9-2-1-7-15(17)16-8-4-10-19(16)18(22)12-13-5-3-6-14(11-13)20(23)24/h3,5-6,11,15-16H,1-2,4,7-10,12H2/t15-,16+/m1/s1. The van der Waals surface area contributed by atoms with Crippen molar-refractivity contribution in [3.05, 3.63) is 39.9 Å². The highest BCUT2D eigenvalue weighted by molar-refractivity contribution is 5.84. The third kappa shape index (κ3) is 3.47. The zero-order valence-electron chi connectivity index (χ0n) is 13.6. The molecular formula is C18H22N2O4. The molecule has 1 amide bonds.